The minimum atomic E-state index is -0.894. The van der Waals surface area contributed by atoms with E-state index in [1.807, 2.05) is 18.2 Å². The van der Waals surface area contributed by atoms with E-state index in [9.17, 15) is 4.79 Å². The van der Waals surface area contributed by atoms with Crippen LogP contribution in [-0.4, -0.2) is 17.6 Å². The van der Waals surface area contributed by atoms with Crippen LogP contribution in [0.15, 0.2) is 41.4 Å². The van der Waals surface area contributed by atoms with Gasteiger partial charge in [0.1, 0.15) is 6.04 Å². The van der Waals surface area contributed by atoms with E-state index in [2.05, 4.69) is 27.8 Å². The Labute approximate surface area is 96.9 Å². The molecule has 0 aliphatic heterocycles. The predicted octanol–water partition coefficient (Wildman–Crippen LogP) is 2.31. The van der Waals surface area contributed by atoms with Crippen molar-refractivity contribution in [2.24, 2.45) is 0 Å². The van der Waals surface area contributed by atoms with Crippen LogP contribution in [0.5, 0.6) is 0 Å². The zero-order chi connectivity index (χ0) is 11.3. The van der Waals surface area contributed by atoms with Gasteiger partial charge in [-0.1, -0.05) is 52.8 Å². The fourth-order valence-corrected chi connectivity index (χ4v) is 1.37. The predicted molar refractivity (Wildman–Crippen MR) is 62.9 cm³/mol. The van der Waals surface area contributed by atoms with Crippen molar-refractivity contribution in [3.63, 3.8) is 0 Å². The number of aliphatic carboxylic acids is 1. The highest BCUT2D eigenvalue weighted by atomic mass is 79.9. The average Bonchev–Trinajstić information content (AvgIpc) is 2.18. The normalized spacial score (nSPS) is 12.1. The summed E-state index contributed by atoms with van der Waals surface area (Å²) in [6, 6.07) is 8.35. The maximum Gasteiger partial charge on any atom is 0.325 e. The van der Waals surface area contributed by atoms with Crippen LogP contribution in [0.3, 0.4) is 0 Å². The van der Waals surface area contributed by atoms with Crippen molar-refractivity contribution in [3.05, 3.63) is 47.0 Å². The lowest BCUT2D eigenvalue weighted by atomic mass is 10.1. The Balaban J connectivity index is 2.75. The maximum absolute atomic E-state index is 11.0. The molecule has 1 aromatic rings. The first-order valence-electron chi connectivity index (χ1n) is 4.45. The second kappa shape index (κ2) is 5.68. The van der Waals surface area contributed by atoms with Crippen molar-refractivity contribution in [2.75, 3.05) is 6.54 Å². The number of rotatable bonds is 5. The zero-order valence-electron chi connectivity index (χ0n) is 8.11. The summed E-state index contributed by atoms with van der Waals surface area (Å²) in [6.07, 6.45) is 0. The number of carboxylic acid groups (broad SMARTS) is 1. The molecule has 80 valence electrons. The van der Waals surface area contributed by atoms with E-state index in [4.69, 9.17) is 5.11 Å². The van der Waals surface area contributed by atoms with Gasteiger partial charge in [-0.3, -0.25) is 10.1 Å². The number of nitrogens with one attached hydrogen (secondary N) is 1. The van der Waals surface area contributed by atoms with Gasteiger partial charge in [-0.15, -0.1) is 0 Å². The highest BCUT2D eigenvalue weighted by Gasteiger charge is 2.18. The molecule has 1 rings (SSSR count). The fourth-order valence-electron chi connectivity index (χ4n) is 1.21. The minimum absolute atomic E-state index is 0.422. The second-order valence-electron chi connectivity index (χ2n) is 3.08. The smallest absolute Gasteiger partial charge is 0.325 e. The van der Waals surface area contributed by atoms with Crippen molar-refractivity contribution >= 4 is 21.9 Å². The van der Waals surface area contributed by atoms with Gasteiger partial charge in [-0.05, 0) is 5.56 Å². The maximum atomic E-state index is 11.0. The summed E-state index contributed by atoms with van der Waals surface area (Å²) >= 11 is 3.17. The SMILES string of the molecule is C=C(Br)CNC(C(=O)O)c1ccccc1. The number of benzene rings is 1. The lowest BCUT2D eigenvalue weighted by molar-refractivity contribution is -0.139. The molecule has 2 N–H and O–H groups in total. The van der Waals surface area contributed by atoms with Crippen molar-refractivity contribution in [1.29, 1.82) is 0 Å². The molecule has 0 radical (unpaired) electrons. The van der Waals surface area contributed by atoms with Crippen LogP contribution in [0.25, 0.3) is 0 Å². The van der Waals surface area contributed by atoms with Gasteiger partial charge < -0.3 is 5.11 Å². The minimum Gasteiger partial charge on any atom is -0.480 e. The Morgan fingerprint density at radius 1 is 1.47 bits per heavy atom. The molecule has 0 saturated carbocycles. The Kier molecular flexibility index (Phi) is 4.52. The van der Waals surface area contributed by atoms with Gasteiger partial charge in [0.05, 0.1) is 0 Å². The Morgan fingerprint density at radius 3 is 2.53 bits per heavy atom. The van der Waals surface area contributed by atoms with Gasteiger partial charge in [-0.2, -0.15) is 0 Å². The first-order valence-corrected chi connectivity index (χ1v) is 5.25. The Hall–Kier alpha value is -1.13. The molecule has 0 aromatic heterocycles. The van der Waals surface area contributed by atoms with Crippen LogP contribution >= 0.6 is 15.9 Å². The molecular weight excluding hydrogens is 258 g/mol. The van der Waals surface area contributed by atoms with Gasteiger partial charge in [0.15, 0.2) is 0 Å². The summed E-state index contributed by atoms with van der Waals surface area (Å²) in [4.78, 5) is 11.0. The van der Waals surface area contributed by atoms with E-state index < -0.39 is 12.0 Å². The van der Waals surface area contributed by atoms with Crippen molar-refractivity contribution in [2.45, 2.75) is 6.04 Å². The zero-order valence-corrected chi connectivity index (χ0v) is 9.70. The molecular formula is C11H12BrNO2. The molecule has 0 aliphatic rings. The van der Waals surface area contributed by atoms with Crippen LogP contribution in [0.4, 0.5) is 0 Å². The molecule has 1 atom stereocenters. The van der Waals surface area contributed by atoms with Crippen LogP contribution < -0.4 is 5.32 Å². The molecule has 1 unspecified atom stereocenters. The first-order chi connectivity index (χ1) is 7.11. The molecule has 0 heterocycles. The summed E-state index contributed by atoms with van der Waals surface area (Å²) in [6.45, 7) is 4.06. The largest absolute Gasteiger partial charge is 0.480 e. The average molecular weight is 270 g/mol. The molecule has 0 spiro atoms. The molecule has 1 aromatic carbocycles. The van der Waals surface area contributed by atoms with Gasteiger partial charge in [0.25, 0.3) is 0 Å². The number of hydrogen-bond donors (Lipinski definition) is 2. The van der Waals surface area contributed by atoms with Crippen molar-refractivity contribution < 1.29 is 9.90 Å². The topological polar surface area (TPSA) is 49.3 Å². The summed E-state index contributed by atoms with van der Waals surface area (Å²) in [5.74, 6) is -0.894. The third-order valence-corrected chi connectivity index (χ3v) is 2.16. The van der Waals surface area contributed by atoms with E-state index in [1.165, 1.54) is 0 Å². The van der Waals surface area contributed by atoms with E-state index in [0.717, 1.165) is 10.0 Å². The first kappa shape index (κ1) is 11.9. The summed E-state index contributed by atoms with van der Waals surface area (Å²) < 4.78 is 0.727. The number of carboxylic acids is 1. The fraction of sp³-hybridized carbons (Fsp3) is 0.182. The quantitative estimate of drug-likeness (QED) is 0.863. The van der Waals surface area contributed by atoms with E-state index in [-0.39, 0.29) is 0 Å². The van der Waals surface area contributed by atoms with Crippen LogP contribution in [0.2, 0.25) is 0 Å². The van der Waals surface area contributed by atoms with Crippen LogP contribution in [-0.2, 0) is 4.79 Å². The van der Waals surface area contributed by atoms with Crippen molar-refractivity contribution in [3.8, 4) is 0 Å². The van der Waals surface area contributed by atoms with Crippen LogP contribution in [0, 0.1) is 0 Å². The third kappa shape index (κ3) is 3.85. The summed E-state index contributed by atoms with van der Waals surface area (Å²) in [5, 5.41) is 11.9. The second-order valence-corrected chi connectivity index (χ2v) is 4.20. The van der Waals surface area contributed by atoms with Gasteiger partial charge >= 0.3 is 5.97 Å². The Bertz CT molecular complexity index is 351. The molecule has 0 bridgehead atoms. The summed E-state index contributed by atoms with van der Waals surface area (Å²) in [7, 11) is 0. The van der Waals surface area contributed by atoms with Crippen LogP contribution in [0.1, 0.15) is 11.6 Å². The molecule has 0 amide bonds. The molecule has 4 heteroatoms. The highest BCUT2D eigenvalue weighted by molar-refractivity contribution is 9.11. The van der Waals surface area contributed by atoms with Gasteiger partial charge in [0.2, 0.25) is 0 Å². The Morgan fingerprint density at radius 2 is 2.07 bits per heavy atom. The molecule has 0 saturated heterocycles. The number of halogens is 1. The van der Waals surface area contributed by atoms with E-state index in [1.54, 1.807) is 12.1 Å². The highest BCUT2D eigenvalue weighted by Crippen LogP contribution is 2.13. The molecule has 15 heavy (non-hydrogen) atoms. The van der Waals surface area contributed by atoms with Gasteiger partial charge in [0, 0.05) is 11.0 Å². The van der Waals surface area contributed by atoms with E-state index in [0.29, 0.717) is 6.54 Å². The van der Waals surface area contributed by atoms with Crippen molar-refractivity contribution in [1.82, 2.24) is 5.32 Å². The lowest BCUT2D eigenvalue weighted by Gasteiger charge is -2.14. The molecule has 3 nitrogen and oxygen atoms in total. The number of carbonyl (C=O) groups is 1. The molecule has 0 aliphatic carbocycles. The summed E-state index contributed by atoms with van der Waals surface area (Å²) in [5.41, 5.74) is 0.735. The standard InChI is InChI=1S/C11H12BrNO2/c1-8(12)7-13-10(11(14)15)9-5-3-2-4-6-9/h2-6,10,13H,1,7H2,(H,14,15). The molecule has 0 fully saturated rings. The van der Waals surface area contributed by atoms with Gasteiger partial charge in [-0.25, -0.2) is 0 Å². The van der Waals surface area contributed by atoms with E-state index >= 15 is 0 Å². The third-order valence-electron chi connectivity index (χ3n) is 1.88. The lowest BCUT2D eigenvalue weighted by Crippen LogP contribution is -2.29. The monoisotopic (exact) mass is 269 g/mol. The number of hydrogen-bond acceptors (Lipinski definition) is 2.